The minimum Gasteiger partial charge on any atom is -0.506 e. The Labute approximate surface area is 135 Å². The lowest BCUT2D eigenvalue weighted by molar-refractivity contribution is -0.137. The molecule has 2 amide bonds. The number of para-hydroxylation sites is 2. The van der Waals surface area contributed by atoms with Gasteiger partial charge in [-0.2, -0.15) is 0 Å². The van der Waals surface area contributed by atoms with Gasteiger partial charge in [0.05, 0.1) is 11.6 Å². The van der Waals surface area contributed by atoms with Crippen LogP contribution >= 0.6 is 11.8 Å². The van der Waals surface area contributed by atoms with E-state index in [4.69, 9.17) is 0 Å². The number of anilines is 1. The molecule has 0 saturated carbocycles. The van der Waals surface area contributed by atoms with Crippen molar-refractivity contribution in [2.45, 2.75) is 33.2 Å². The molecule has 0 bridgehead atoms. The molecule has 0 aliphatic carbocycles. The van der Waals surface area contributed by atoms with E-state index >= 15 is 0 Å². The van der Waals surface area contributed by atoms with Gasteiger partial charge in [-0.05, 0) is 17.5 Å². The van der Waals surface area contributed by atoms with Crippen molar-refractivity contribution in [2.24, 2.45) is 5.41 Å². The number of aromatic hydroxyl groups is 1. The van der Waals surface area contributed by atoms with Crippen LogP contribution in [-0.2, 0) is 9.59 Å². The molecule has 0 unspecified atom stereocenters. The molecular formula is C16H22N2O3S. The Hall–Kier alpha value is -1.69. The predicted molar refractivity (Wildman–Crippen MR) is 88.8 cm³/mol. The first-order valence-corrected chi connectivity index (χ1v) is 8.39. The van der Waals surface area contributed by atoms with Crippen molar-refractivity contribution in [3.63, 3.8) is 0 Å². The molecule has 5 nitrogen and oxygen atoms in total. The molecule has 1 aliphatic rings. The lowest BCUT2D eigenvalue weighted by Gasteiger charge is -2.26. The summed E-state index contributed by atoms with van der Waals surface area (Å²) >= 11 is 1.57. The minimum atomic E-state index is -0.487. The van der Waals surface area contributed by atoms with E-state index in [-0.39, 0.29) is 23.0 Å². The van der Waals surface area contributed by atoms with Gasteiger partial charge in [-0.25, -0.2) is 0 Å². The summed E-state index contributed by atoms with van der Waals surface area (Å²) in [7, 11) is 0. The second-order valence-electron chi connectivity index (χ2n) is 6.62. The smallest absolute Gasteiger partial charge is 0.248 e. The topological polar surface area (TPSA) is 69.6 Å². The molecule has 2 N–H and O–H groups in total. The number of benzene rings is 1. The maximum absolute atomic E-state index is 12.4. The van der Waals surface area contributed by atoms with Crippen LogP contribution in [0.4, 0.5) is 5.69 Å². The van der Waals surface area contributed by atoms with Gasteiger partial charge in [0.25, 0.3) is 0 Å². The van der Waals surface area contributed by atoms with Crippen LogP contribution < -0.4 is 5.32 Å². The zero-order chi connectivity index (χ0) is 16.3. The van der Waals surface area contributed by atoms with E-state index < -0.39 is 6.04 Å². The second-order valence-corrected chi connectivity index (χ2v) is 7.62. The summed E-state index contributed by atoms with van der Waals surface area (Å²) in [5, 5.41) is 12.4. The van der Waals surface area contributed by atoms with Gasteiger partial charge in [-0.3, -0.25) is 9.59 Å². The van der Waals surface area contributed by atoms with E-state index in [1.54, 1.807) is 34.9 Å². The minimum absolute atomic E-state index is 0.00469. The zero-order valence-corrected chi connectivity index (χ0v) is 13.9. The van der Waals surface area contributed by atoms with Crippen LogP contribution in [0.15, 0.2) is 24.3 Å². The molecule has 1 heterocycles. The number of amides is 2. The molecule has 0 spiro atoms. The van der Waals surface area contributed by atoms with Crippen LogP contribution in [0, 0.1) is 5.41 Å². The van der Waals surface area contributed by atoms with Gasteiger partial charge in [0.1, 0.15) is 11.8 Å². The molecule has 1 atom stereocenters. The highest BCUT2D eigenvalue weighted by Crippen LogP contribution is 2.28. The number of carbonyl (C=O) groups is 2. The second kappa shape index (κ2) is 6.60. The number of nitrogens with one attached hydrogen (secondary N) is 1. The van der Waals surface area contributed by atoms with Crippen molar-refractivity contribution in [2.75, 3.05) is 16.9 Å². The molecule has 1 saturated heterocycles. The molecule has 0 aromatic heterocycles. The van der Waals surface area contributed by atoms with Gasteiger partial charge in [0.2, 0.25) is 11.8 Å². The Morgan fingerprint density at radius 2 is 2.05 bits per heavy atom. The molecule has 120 valence electrons. The van der Waals surface area contributed by atoms with Crippen molar-refractivity contribution in [1.82, 2.24) is 4.90 Å². The molecule has 1 aromatic rings. The van der Waals surface area contributed by atoms with E-state index in [1.165, 1.54) is 6.07 Å². The summed E-state index contributed by atoms with van der Waals surface area (Å²) < 4.78 is 0. The quantitative estimate of drug-likeness (QED) is 0.840. The normalized spacial score (nSPS) is 18.3. The van der Waals surface area contributed by atoms with Crippen molar-refractivity contribution >= 4 is 29.3 Å². The molecule has 1 fully saturated rings. The Balaban J connectivity index is 2.05. The summed E-state index contributed by atoms with van der Waals surface area (Å²) in [5.74, 6) is 0.876. The van der Waals surface area contributed by atoms with E-state index in [0.29, 0.717) is 23.7 Å². The van der Waals surface area contributed by atoms with Crippen LogP contribution in [0.5, 0.6) is 5.75 Å². The lowest BCUT2D eigenvalue weighted by Crippen LogP contribution is -2.45. The third kappa shape index (κ3) is 4.16. The number of hydrogen-bond donors (Lipinski definition) is 2. The van der Waals surface area contributed by atoms with Crippen LogP contribution in [0.2, 0.25) is 0 Å². The molecular weight excluding hydrogens is 300 g/mol. The molecule has 0 radical (unpaired) electrons. The molecule has 22 heavy (non-hydrogen) atoms. The maximum Gasteiger partial charge on any atom is 0.248 e. The number of thioether (sulfide) groups is 1. The fourth-order valence-electron chi connectivity index (χ4n) is 2.26. The molecule has 2 rings (SSSR count). The third-order valence-electron chi connectivity index (χ3n) is 3.35. The Bertz CT molecular complexity index is 569. The van der Waals surface area contributed by atoms with Crippen molar-refractivity contribution in [1.29, 1.82) is 0 Å². The van der Waals surface area contributed by atoms with E-state index in [0.717, 1.165) is 0 Å². The van der Waals surface area contributed by atoms with Gasteiger partial charge in [0.15, 0.2) is 0 Å². The largest absolute Gasteiger partial charge is 0.506 e. The Morgan fingerprint density at radius 3 is 2.68 bits per heavy atom. The number of phenols is 1. The SMILES string of the molecule is CC(C)(C)CC(=O)N1CSC[C@H]1C(=O)Nc1ccccc1O. The zero-order valence-electron chi connectivity index (χ0n) is 13.1. The Morgan fingerprint density at radius 1 is 1.36 bits per heavy atom. The molecule has 1 aromatic carbocycles. The highest BCUT2D eigenvalue weighted by atomic mass is 32.2. The lowest BCUT2D eigenvalue weighted by atomic mass is 9.91. The molecule has 1 aliphatic heterocycles. The highest BCUT2D eigenvalue weighted by Gasteiger charge is 2.36. The fraction of sp³-hybridized carbons (Fsp3) is 0.500. The number of phenolic OH excluding ortho intramolecular Hbond substituents is 1. The van der Waals surface area contributed by atoms with Crippen LogP contribution in [0.3, 0.4) is 0 Å². The molecule has 6 heteroatoms. The fourth-order valence-corrected chi connectivity index (χ4v) is 3.44. The third-order valence-corrected chi connectivity index (χ3v) is 4.36. The summed E-state index contributed by atoms with van der Waals surface area (Å²) in [6, 6.07) is 6.09. The van der Waals surface area contributed by atoms with Gasteiger partial charge >= 0.3 is 0 Å². The van der Waals surface area contributed by atoms with E-state index in [1.807, 2.05) is 20.8 Å². The van der Waals surface area contributed by atoms with Gasteiger partial charge in [-0.1, -0.05) is 32.9 Å². The average Bonchev–Trinajstić information content (AvgIpc) is 2.89. The first-order chi connectivity index (χ1) is 10.3. The predicted octanol–water partition coefficient (Wildman–Crippen LogP) is 2.67. The van der Waals surface area contributed by atoms with Crippen LogP contribution in [0.25, 0.3) is 0 Å². The van der Waals surface area contributed by atoms with Crippen molar-refractivity contribution in [3.8, 4) is 5.75 Å². The standard InChI is InChI=1S/C16H22N2O3S/c1-16(2,3)8-14(20)18-10-22-9-12(18)15(21)17-11-6-4-5-7-13(11)19/h4-7,12,19H,8-10H2,1-3H3,(H,17,21)/t12-/m0/s1. The Kier molecular flexibility index (Phi) is 5.01. The first kappa shape index (κ1) is 16.7. The summed E-state index contributed by atoms with van der Waals surface area (Å²) in [4.78, 5) is 26.4. The van der Waals surface area contributed by atoms with E-state index in [9.17, 15) is 14.7 Å². The number of nitrogens with zero attached hydrogens (tertiary/aromatic N) is 1. The van der Waals surface area contributed by atoms with Crippen LogP contribution in [0.1, 0.15) is 27.2 Å². The number of hydrogen-bond acceptors (Lipinski definition) is 4. The van der Waals surface area contributed by atoms with Gasteiger partial charge < -0.3 is 15.3 Å². The highest BCUT2D eigenvalue weighted by molar-refractivity contribution is 7.99. The number of rotatable bonds is 3. The van der Waals surface area contributed by atoms with Crippen LogP contribution in [-0.4, -0.2) is 39.5 Å². The van der Waals surface area contributed by atoms with Crippen molar-refractivity contribution < 1.29 is 14.7 Å². The van der Waals surface area contributed by atoms with Crippen molar-refractivity contribution in [3.05, 3.63) is 24.3 Å². The summed E-state index contributed by atoms with van der Waals surface area (Å²) in [6.45, 7) is 6.02. The maximum atomic E-state index is 12.4. The average molecular weight is 322 g/mol. The van der Waals surface area contributed by atoms with E-state index in [2.05, 4.69) is 5.32 Å². The van der Waals surface area contributed by atoms with Gasteiger partial charge in [-0.15, -0.1) is 11.8 Å². The van der Waals surface area contributed by atoms with Gasteiger partial charge in [0, 0.05) is 12.2 Å². The summed E-state index contributed by atoms with van der Waals surface area (Å²) in [5.41, 5.74) is 0.260. The monoisotopic (exact) mass is 322 g/mol. The number of carbonyl (C=O) groups excluding carboxylic acids is 2. The summed E-state index contributed by atoms with van der Waals surface area (Å²) in [6.07, 6.45) is 0.411. The first-order valence-electron chi connectivity index (χ1n) is 7.24.